The van der Waals surface area contributed by atoms with Crippen molar-refractivity contribution in [3.8, 4) is 0 Å². The number of aryl methyl sites for hydroxylation is 2. The summed E-state index contributed by atoms with van der Waals surface area (Å²) in [6.45, 7) is 7.18. The molecule has 5 nitrogen and oxygen atoms in total. The Bertz CT molecular complexity index is 755. The van der Waals surface area contributed by atoms with Gasteiger partial charge in [0, 0.05) is 5.69 Å². The lowest BCUT2D eigenvalue weighted by Crippen LogP contribution is -3.08. The third-order valence-electron chi connectivity index (χ3n) is 4.22. The summed E-state index contributed by atoms with van der Waals surface area (Å²) in [5.74, 6) is -0.336. The van der Waals surface area contributed by atoms with E-state index in [-0.39, 0.29) is 18.4 Å². The molecule has 134 valence electrons. The molecule has 3 N–H and O–H groups in total. The van der Waals surface area contributed by atoms with Gasteiger partial charge in [0.25, 0.3) is 5.91 Å². The van der Waals surface area contributed by atoms with Crippen molar-refractivity contribution in [2.75, 3.05) is 25.5 Å². The van der Waals surface area contributed by atoms with Crippen molar-refractivity contribution in [2.24, 2.45) is 0 Å². The number of carbonyl (C=O) groups excluding carboxylic acids is 2. The van der Waals surface area contributed by atoms with Crippen LogP contribution in [0.15, 0.2) is 29.6 Å². The van der Waals surface area contributed by atoms with Crippen molar-refractivity contribution in [3.05, 3.63) is 51.2 Å². The van der Waals surface area contributed by atoms with Gasteiger partial charge in [0.15, 0.2) is 6.54 Å². The largest absolute Gasteiger partial charge is 0.342 e. The quantitative estimate of drug-likeness (QED) is 0.700. The van der Waals surface area contributed by atoms with E-state index in [9.17, 15) is 9.59 Å². The van der Waals surface area contributed by atoms with Crippen LogP contribution in [0.1, 0.15) is 21.6 Å². The number of quaternary nitrogens is 1. The van der Waals surface area contributed by atoms with Crippen LogP contribution in [0.25, 0.3) is 0 Å². The van der Waals surface area contributed by atoms with Crippen LogP contribution in [-0.4, -0.2) is 32.0 Å². The Hall–Kier alpha value is -2.18. The van der Waals surface area contributed by atoms with E-state index in [1.807, 2.05) is 39.1 Å². The van der Waals surface area contributed by atoms with Crippen LogP contribution >= 0.6 is 11.3 Å². The van der Waals surface area contributed by atoms with E-state index in [1.54, 1.807) is 11.3 Å². The molecule has 1 aromatic carbocycles. The number of amides is 2. The summed E-state index contributed by atoms with van der Waals surface area (Å²) >= 11 is 1.71. The first-order valence-electron chi connectivity index (χ1n) is 8.34. The summed E-state index contributed by atoms with van der Waals surface area (Å²) < 4.78 is 0. The van der Waals surface area contributed by atoms with Gasteiger partial charge in [0.2, 0.25) is 5.91 Å². The van der Waals surface area contributed by atoms with Gasteiger partial charge in [-0.3, -0.25) is 9.59 Å². The molecule has 0 bridgehead atoms. The van der Waals surface area contributed by atoms with Gasteiger partial charge in [-0.2, -0.15) is 0 Å². The Morgan fingerprint density at radius 1 is 1.08 bits per heavy atom. The summed E-state index contributed by atoms with van der Waals surface area (Å²) in [6, 6.07) is 7.86. The lowest BCUT2D eigenvalue weighted by atomic mass is 10.1. The normalized spacial score (nSPS) is 11.8. The topological polar surface area (TPSA) is 62.6 Å². The molecule has 0 spiro atoms. The third-order valence-corrected chi connectivity index (χ3v) is 5.24. The van der Waals surface area contributed by atoms with E-state index in [4.69, 9.17) is 0 Å². The Balaban J connectivity index is 1.76. The van der Waals surface area contributed by atoms with Crippen molar-refractivity contribution in [1.82, 2.24) is 5.32 Å². The molecule has 6 heteroatoms. The fraction of sp³-hybridized carbons (Fsp3) is 0.368. The number of rotatable bonds is 7. The van der Waals surface area contributed by atoms with Gasteiger partial charge in [-0.1, -0.05) is 12.1 Å². The predicted molar refractivity (Wildman–Crippen MR) is 102 cm³/mol. The number of anilines is 1. The molecule has 2 amide bonds. The van der Waals surface area contributed by atoms with Crippen molar-refractivity contribution in [2.45, 2.75) is 27.3 Å². The van der Waals surface area contributed by atoms with Crippen molar-refractivity contribution < 1.29 is 14.5 Å². The molecule has 0 fully saturated rings. The second-order valence-corrected chi connectivity index (χ2v) is 7.41. The summed E-state index contributed by atoms with van der Waals surface area (Å²) in [5, 5.41) is 7.60. The lowest BCUT2D eigenvalue weighted by molar-refractivity contribution is -0.885. The van der Waals surface area contributed by atoms with Crippen LogP contribution < -0.4 is 15.5 Å². The summed E-state index contributed by atoms with van der Waals surface area (Å²) in [5.41, 5.74) is 4.21. The molecular weight excluding hydrogens is 334 g/mol. The number of benzene rings is 1. The fourth-order valence-corrected chi connectivity index (χ4v) is 3.54. The molecule has 2 aromatic rings. The minimum absolute atomic E-state index is 0.0163. The first-order valence-corrected chi connectivity index (χ1v) is 9.22. The Labute approximate surface area is 153 Å². The maximum atomic E-state index is 12.0. The average Bonchev–Trinajstić information content (AvgIpc) is 2.95. The molecule has 1 unspecified atom stereocenters. The smallest absolute Gasteiger partial charge is 0.275 e. The molecule has 1 heterocycles. The van der Waals surface area contributed by atoms with E-state index in [2.05, 4.69) is 29.0 Å². The van der Waals surface area contributed by atoms with Crippen LogP contribution in [0.4, 0.5) is 5.69 Å². The zero-order valence-electron chi connectivity index (χ0n) is 15.2. The minimum atomic E-state index is -0.214. The van der Waals surface area contributed by atoms with Crippen molar-refractivity contribution in [1.29, 1.82) is 0 Å². The maximum Gasteiger partial charge on any atom is 0.275 e. The van der Waals surface area contributed by atoms with E-state index >= 15 is 0 Å². The molecule has 0 radical (unpaired) electrons. The molecular formula is C19H26N3O2S+. The summed E-state index contributed by atoms with van der Waals surface area (Å²) in [7, 11) is 1.98. The zero-order valence-corrected chi connectivity index (χ0v) is 16.0. The van der Waals surface area contributed by atoms with E-state index in [1.165, 1.54) is 10.4 Å². The molecule has 0 aliphatic carbocycles. The number of hydrogen-bond donors (Lipinski definition) is 3. The van der Waals surface area contributed by atoms with Crippen LogP contribution in [0.5, 0.6) is 0 Å². The van der Waals surface area contributed by atoms with Gasteiger partial charge in [-0.05, 0) is 55.0 Å². The van der Waals surface area contributed by atoms with Gasteiger partial charge in [-0.15, -0.1) is 11.3 Å². The molecule has 1 atom stereocenters. The number of thiophene rings is 1. The van der Waals surface area contributed by atoms with Gasteiger partial charge >= 0.3 is 0 Å². The maximum absolute atomic E-state index is 12.0. The highest BCUT2D eigenvalue weighted by molar-refractivity contribution is 7.10. The number of hydrogen-bond acceptors (Lipinski definition) is 3. The first-order chi connectivity index (χ1) is 11.9. The van der Waals surface area contributed by atoms with Gasteiger partial charge in [-0.25, -0.2) is 0 Å². The van der Waals surface area contributed by atoms with E-state index < -0.39 is 0 Å². The fourth-order valence-electron chi connectivity index (χ4n) is 2.52. The highest BCUT2D eigenvalue weighted by Crippen LogP contribution is 2.17. The molecule has 2 rings (SSSR count). The molecule has 0 saturated carbocycles. The van der Waals surface area contributed by atoms with Crippen LogP contribution in [-0.2, 0) is 16.1 Å². The SMILES string of the molecule is Cc1ccsc1C[NH+](C)CC(=O)NCC(=O)Nc1cccc(C)c1C. The average molecular weight is 361 g/mol. The molecule has 1 aromatic heterocycles. The summed E-state index contributed by atoms with van der Waals surface area (Å²) in [6.07, 6.45) is 0. The zero-order chi connectivity index (χ0) is 18.4. The number of likely N-dealkylation sites (N-methyl/N-ethyl adjacent to an activating group) is 1. The van der Waals surface area contributed by atoms with Crippen molar-refractivity contribution in [3.63, 3.8) is 0 Å². The lowest BCUT2D eigenvalue weighted by Gasteiger charge is -2.14. The number of nitrogens with one attached hydrogen (secondary N) is 3. The van der Waals surface area contributed by atoms with Gasteiger partial charge in [0.05, 0.1) is 18.5 Å². The predicted octanol–water partition coefficient (Wildman–Crippen LogP) is 1.44. The summed E-state index contributed by atoms with van der Waals surface area (Å²) in [4.78, 5) is 26.5. The molecule has 0 aliphatic rings. The van der Waals surface area contributed by atoms with Crippen LogP contribution in [0.3, 0.4) is 0 Å². The Morgan fingerprint density at radius 3 is 2.52 bits per heavy atom. The van der Waals surface area contributed by atoms with Gasteiger partial charge in [0.1, 0.15) is 6.54 Å². The molecule has 0 aliphatic heterocycles. The van der Waals surface area contributed by atoms with Crippen molar-refractivity contribution >= 4 is 28.8 Å². The molecule has 25 heavy (non-hydrogen) atoms. The second-order valence-electron chi connectivity index (χ2n) is 6.41. The molecule has 0 saturated heterocycles. The monoisotopic (exact) mass is 360 g/mol. The van der Waals surface area contributed by atoms with E-state index in [0.717, 1.165) is 28.3 Å². The first kappa shape index (κ1) is 19.1. The van der Waals surface area contributed by atoms with E-state index in [0.29, 0.717) is 6.54 Å². The van der Waals surface area contributed by atoms with Crippen LogP contribution in [0.2, 0.25) is 0 Å². The minimum Gasteiger partial charge on any atom is -0.342 e. The highest BCUT2D eigenvalue weighted by atomic mass is 32.1. The highest BCUT2D eigenvalue weighted by Gasteiger charge is 2.14. The Kier molecular flexibility index (Phi) is 6.73. The van der Waals surface area contributed by atoms with Gasteiger partial charge < -0.3 is 15.5 Å². The standard InChI is InChI=1S/C19H25N3O2S/c1-13-6-5-7-16(15(13)3)21-18(23)10-20-19(24)12-22(4)11-17-14(2)8-9-25-17/h5-9H,10-12H2,1-4H3,(H,20,24)(H,21,23)/p+1. The Morgan fingerprint density at radius 2 is 1.84 bits per heavy atom. The third kappa shape index (κ3) is 5.69. The van der Waals surface area contributed by atoms with Crippen LogP contribution in [0, 0.1) is 20.8 Å². The second kappa shape index (κ2) is 8.78. The number of carbonyl (C=O) groups is 2.